The van der Waals surface area contributed by atoms with Gasteiger partial charge >= 0.3 is 0 Å². The number of hydrogen-bond acceptors (Lipinski definition) is 2. The van der Waals surface area contributed by atoms with Gasteiger partial charge in [0.2, 0.25) is 0 Å². The monoisotopic (exact) mass is 157 g/mol. The molecule has 0 spiro atoms. The molecule has 0 amide bonds. The molecule has 2 heteroatoms. The highest BCUT2D eigenvalue weighted by atomic mass is 16.5. The highest BCUT2D eigenvalue weighted by Gasteiger charge is 1.88. The smallest absolute Gasteiger partial charge is 0.0671 e. The minimum Gasteiger partial charge on any atom is -0.381 e. The third-order valence-electron chi connectivity index (χ3n) is 1.07. The topological polar surface area (TPSA) is 18.5 Å². The summed E-state index contributed by atoms with van der Waals surface area (Å²) in [6.45, 7) is 11.9. The normalized spacial score (nSPS) is 10.0. The van der Waals surface area contributed by atoms with Crippen LogP contribution in [0.1, 0.15) is 13.3 Å². The molecule has 0 aromatic carbocycles. The maximum Gasteiger partial charge on any atom is 0.0671 e. The van der Waals surface area contributed by atoms with Crippen molar-refractivity contribution in [1.29, 1.82) is 0 Å². The molecule has 0 aromatic heterocycles. The lowest BCUT2D eigenvalue weighted by atomic mass is 10.4. The molecule has 65 valence electrons. The van der Waals surface area contributed by atoms with E-state index < -0.39 is 0 Å². The number of ether oxygens (including phenoxy) is 2. The fourth-order valence-electron chi connectivity index (χ4n) is 0.612. The largest absolute Gasteiger partial charge is 0.381 e. The van der Waals surface area contributed by atoms with Gasteiger partial charge in [0, 0.05) is 19.8 Å². The Morgan fingerprint density at radius 3 is 2.45 bits per heavy atom. The Bertz CT molecular complexity index is 99.7. The minimum atomic E-state index is 0.542. The Balaban J connectivity index is 2.85. The van der Waals surface area contributed by atoms with Crippen LogP contribution in [0.15, 0.2) is 12.2 Å². The lowest BCUT2D eigenvalue weighted by Crippen LogP contribution is -2.02. The van der Waals surface area contributed by atoms with Gasteiger partial charge in [0.25, 0.3) is 0 Å². The van der Waals surface area contributed by atoms with Crippen molar-refractivity contribution in [3.8, 4) is 0 Å². The highest BCUT2D eigenvalue weighted by molar-refractivity contribution is 4.87. The molecule has 0 atom stereocenters. The first-order chi connectivity index (χ1) is 5.27. The van der Waals surface area contributed by atoms with Crippen molar-refractivity contribution in [3.05, 3.63) is 19.1 Å². The summed E-state index contributed by atoms with van der Waals surface area (Å²) in [5, 5.41) is 0. The van der Waals surface area contributed by atoms with Gasteiger partial charge in [0.15, 0.2) is 0 Å². The zero-order valence-corrected chi connectivity index (χ0v) is 7.27. The fourth-order valence-corrected chi connectivity index (χ4v) is 0.612. The molecule has 0 fully saturated rings. The van der Waals surface area contributed by atoms with Crippen LogP contribution in [0.5, 0.6) is 0 Å². The van der Waals surface area contributed by atoms with Crippen molar-refractivity contribution < 1.29 is 9.47 Å². The summed E-state index contributed by atoms with van der Waals surface area (Å²) in [6, 6.07) is 0. The van der Waals surface area contributed by atoms with E-state index in [9.17, 15) is 0 Å². The zero-order valence-electron chi connectivity index (χ0n) is 7.27. The predicted molar refractivity (Wildman–Crippen MR) is 46.4 cm³/mol. The Hall–Kier alpha value is -0.340. The Labute approximate surface area is 69.2 Å². The van der Waals surface area contributed by atoms with E-state index >= 15 is 0 Å². The van der Waals surface area contributed by atoms with E-state index in [1.165, 1.54) is 0 Å². The molecule has 0 rings (SSSR count). The van der Waals surface area contributed by atoms with Crippen LogP contribution in [0.3, 0.4) is 0 Å². The third kappa shape index (κ3) is 9.66. The van der Waals surface area contributed by atoms with Crippen LogP contribution in [0, 0.1) is 6.92 Å². The lowest BCUT2D eigenvalue weighted by molar-refractivity contribution is 0.103. The van der Waals surface area contributed by atoms with Crippen molar-refractivity contribution in [2.24, 2.45) is 0 Å². The van der Waals surface area contributed by atoms with Crippen molar-refractivity contribution in [3.63, 3.8) is 0 Å². The molecular weight excluding hydrogens is 140 g/mol. The van der Waals surface area contributed by atoms with E-state index in [0.717, 1.165) is 25.2 Å². The van der Waals surface area contributed by atoms with Crippen LogP contribution in [0.2, 0.25) is 0 Å². The Kier molecular flexibility index (Phi) is 7.52. The molecule has 1 radical (unpaired) electrons. The molecule has 11 heavy (non-hydrogen) atoms. The predicted octanol–water partition coefficient (Wildman–Crippen LogP) is 1.82. The number of rotatable bonds is 7. The van der Waals surface area contributed by atoms with Crippen LogP contribution >= 0.6 is 0 Å². The van der Waals surface area contributed by atoms with Gasteiger partial charge in [0.1, 0.15) is 0 Å². The van der Waals surface area contributed by atoms with Crippen LogP contribution in [0.4, 0.5) is 0 Å². The molecule has 0 unspecified atom stereocenters. The van der Waals surface area contributed by atoms with Crippen LogP contribution in [-0.2, 0) is 9.47 Å². The second kappa shape index (κ2) is 7.76. The maximum absolute atomic E-state index is 5.24. The summed E-state index contributed by atoms with van der Waals surface area (Å²) in [7, 11) is 0. The van der Waals surface area contributed by atoms with Crippen molar-refractivity contribution in [2.45, 2.75) is 13.3 Å². The van der Waals surface area contributed by atoms with E-state index in [4.69, 9.17) is 9.47 Å². The van der Waals surface area contributed by atoms with Gasteiger partial charge in [-0.2, -0.15) is 0 Å². The third-order valence-corrected chi connectivity index (χ3v) is 1.07. The molecule has 0 aromatic rings. The van der Waals surface area contributed by atoms with E-state index in [1.54, 1.807) is 0 Å². The molecule has 0 aliphatic carbocycles. The van der Waals surface area contributed by atoms with Gasteiger partial charge in [-0.15, -0.1) is 0 Å². The number of hydrogen-bond donors (Lipinski definition) is 0. The second-order valence-electron chi connectivity index (χ2n) is 2.48. The average Bonchev–Trinajstić information content (AvgIpc) is 1.96. The molecule has 0 N–H and O–H groups in total. The first-order valence-corrected chi connectivity index (χ1v) is 3.86. The fraction of sp³-hybridized carbons (Fsp3) is 0.667. The molecule has 0 aliphatic heterocycles. The second-order valence-corrected chi connectivity index (χ2v) is 2.48. The van der Waals surface area contributed by atoms with Crippen LogP contribution in [-0.4, -0.2) is 26.4 Å². The average molecular weight is 157 g/mol. The molecule has 0 bridgehead atoms. The summed E-state index contributed by atoms with van der Waals surface area (Å²) in [4.78, 5) is 0. The van der Waals surface area contributed by atoms with E-state index in [2.05, 4.69) is 13.5 Å². The van der Waals surface area contributed by atoms with Gasteiger partial charge in [-0.05, 0) is 20.3 Å². The Morgan fingerprint density at radius 2 is 1.91 bits per heavy atom. The quantitative estimate of drug-likeness (QED) is 0.414. The minimum absolute atomic E-state index is 0.542. The zero-order chi connectivity index (χ0) is 8.53. The highest BCUT2D eigenvalue weighted by Crippen LogP contribution is 1.90. The summed E-state index contributed by atoms with van der Waals surface area (Å²) < 4.78 is 10.3. The molecular formula is C9H17O2. The van der Waals surface area contributed by atoms with Gasteiger partial charge in [-0.3, -0.25) is 0 Å². The lowest BCUT2D eigenvalue weighted by Gasteiger charge is -2.03. The van der Waals surface area contributed by atoms with Crippen LogP contribution < -0.4 is 0 Å². The Morgan fingerprint density at radius 1 is 1.27 bits per heavy atom. The van der Waals surface area contributed by atoms with Gasteiger partial charge in [-0.1, -0.05) is 12.2 Å². The van der Waals surface area contributed by atoms with Gasteiger partial charge in [0.05, 0.1) is 6.61 Å². The summed E-state index contributed by atoms with van der Waals surface area (Å²) in [5.74, 6) is 0. The molecule has 0 aliphatic rings. The summed E-state index contributed by atoms with van der Waals surface area (Å²) in [6.07, 6.45) is 0.933. The van der Waals surface area contributed by atoms with E-state index in [-0.39, 0.29) is 0 Å². The molecule has 0 saturated heterocycles. The van der Waals surface area contributed by atoms with Crippen molar-refractivity contribution in [1.82, 2.24) is 0 Å². The molecule has 0 heterocycles. The maximum atomic E-state index is 5.24. The summed E-state index contributed by atoms with van der Waals surface area (Å²) in [5.41, 5.74) is 1.06. The SMILES string of the molecule is [CH2]COCCCOCC(=C)C. The molecule has 0 saturated carbocycles. The van der Waals surface area contributed by atoms with Gasteiger partial charge < -0.3 is 9.47 Å². The van der Waals surface area contributed by atoms with Crippen molar-refractivity contribution in [2.75, 3.05) is 26.4 Å². The van der Waals surface area contributed by atoms with E-state index in [0.29, 0.717) is 13.2 Å². The van der Waals surface area contributed by atoms with E-state index in [1.807, 2.05) is 6.92 Å². The molecule has 2 nitrogen and oxygen atoms in total. The van der Waals surface area contributed by atoms with Gasteiger partial charge in [-0.25, -0.2) is 0 Å². The first-order valence-electron chi connectivity index (χ1n) is 3.86. The standard InChI is InChI=1S/C9H17O2/c1-4-10-6-5-7-11-8-9(2)3/h1-2,4-8H2,3H3. The van der Waals surface area contributed by atoms with Crippen molar-refractivity contribution >= 4 is 0 Å². The summed E-state index contributed by atoms with van der Waals surface area (Å²) >= 11 is 0. The van der Waals surface area contributed by atoms with Crippen LogP contribution in [0.25, 0.3) is 0 Å². The first kappa shape index (κ1) is 10.7.